The molecule has 0 atom stereocenters. The van der Waals surface area contributed by atoms with E-state index in [1.165, 1.54) is 10.4 Å². The second kappa shape index (κ2) is 7.10. The van der Waals surface area contributed by atoms with E-state index in [9.17, 15) is 24.0 Å². The van der Waals surface area contributed by atoms with Gasteiger partial charge >= 0.3 is 5.97 Å². The van der Waals surface area contributed by atoms with Crippen LogP contribution < -0.4 is 4.31 Å². The van der Waals surface area contributed by atoms with E-state index in [1.54, 1.807) is 24.3 Å². The van der Waals surface area contributed by atoms with Gasteiger partial charge in [0.1, 0.15) is 0 Å². The van der Waals surface area contributed by atoms with Gasteiger partial charge in [0.15, 0.2) is 0 Å². The van der Waals surface area contributed by atoms with E-state index in [2.05, 4.69) is 0 Å². The van der Waals surface area contributed by atoms with E-state index < -0.39 is 21.7 Å². The Morgan fingerprint density at radius 1 is 1.12 bits per heavy atom. The number of nitro benzene ring substituents is 1. The number of non-ortho nitro benzene ring substituents is 1. The van der Waals surface area contributed by atoms with Crippen LogP contribution in [0.4, 0.5) is 11.4 Å². The minimum absolute atomic E-state index is 0.0590. The molecule has 1 aliphatic rings. The van der Waals surface area contributed by atoms with E-state index in [-0.39, 0.29) is 12.1 Å². The van der Waals surface area contributed by atoms with Crippen molar-refractivity contribution < 1.29 is 23.9 Å². The molecule has 2 aromatic carbocycles. The van der Waals surface area contributed by atoms with Gasteiger partial charge in [-0.3, -0.25) is 28.3 Å². The zero-order chi connectivity index (χ0) is 18.9. The van der Waals surface area contributed by atoms with Gasteiger partial charge in [0, 0.05) is 24.4 Å². The van der Waals surface area contributed by atoms with Crippen LogP contribution in [0.5, 0.6) is 0 Å². The van der Waals surface area contributed by atoms with Gasteiger partial charge in [-0.15, -0.1) is 0 Å². The molecule has 0 aliphatic carbocycles. The number of hydrogen-bond donors (Lipinski definition) is 3. The molecule has 0 amide bonds. The molecule has 0 unspecified atom stereocenters. The molecule has 8 nitrogen and oxygen atoms in total. The number of nitrogens with zero attached hydrogens (tertiary/aromatic N) is 2. The maximum Gasteiger partial charge on any atom is 0.303 e. The third-order valence-electron chi connectivity index (χ3n) is 4.53. The van der Waals surface area contributed by atoms with Crippen molar-refractivity contribution in [3.05, 3.63) is 40.4 Å². The molecule has 1 heterocycles. The lowest BCUT2D eigenvalue weighted by Gasteiger charge is -2.39. The smallest absolute Gasteiger partial charge is 0.303 e. The van der Waals surface area contributed by atoms with Crippen molar-refractivity contribution in [2.24, 2.45) is 0 Å². The summed E-state index contributed by atoms with van der Waals surface area (Å²) >= 11 is 0. The molecule has 26 heavy (non-hydrogen) atoms. The van der Waals surface area contributed by atoms with Gasteiger partial charge < -0.3 is 5.11 Å². The fourth-order valence-corrected chi connectivity index (χ4v) is 5.12. The number of anilines is 1. The molecule has 3 N–H and O–H groups in total. The van der Waals surface area contributed by atoms with Crippen molar-refractivity contribution in [2.45, 2.75) is 37.0 Å². The highest BCUT2D eigenvalue weighted by molar-refractivity contribution is 8.26. The average molecular weight is 380 g/mol. The quantitative estimate of drug-likeness (QED) is 0.346. The Kier molecular flexibility index (Phi) is 5.03. The lowest BCUT2D eigenvalue weighted by Crippen LogP contribution is -2.25. The molecular formula is C17H20N2O6S. The van der Waals surface area contributed by atoms with Crippen molar-refractivity contribution in [1.82, 2.24) is 0 Å². The molecule has 0 saturated heterocycles. The lowest BCUT2D eigenvalue weighted by atomic mass is 10.1. The molecule has 0 aromatic heterocycles. The van der Waals surface area contributed by atoms with Crippen LogP contribution in [-0.2, 0) is 4.79 Å². The summed E-state index contributed by atoms with van der Waals surface area (Å²) in [7, 11) is -3.23. The molecule has 3 rings (SSSR count). The lowest BCUT2D eigenvalue weighted by molar-refractivity contribution is -0.383. The number of carboxylic acid groups (broad SMARTS) is 1. The van der Waals surface area contributed by atoms with Crippen molar-refractivity contribution in [1.29, 1.82) is 0 Å². The molecule has 2 aromatic rings. The van der Waals surface area contributed by atoms with E-state index in [0.717, 1.165) is 12.8 Å². The number of unbranched alkanes of at least 4 members (excludes halogenated alkanes) is 3. The van der Waals surface area contributed by atoms with Gasteiger partial charge in [0.25, 0.3) is 5.69 Å². The molecule has 1 aliphatic heterocycles. The van der Waals surface area contributed by atoms with Crippen molar-refractivity contribution >= 4 is 38.9 Å². The summed E-state index contributed by atoms with van der Waals surface area (Å²) < 4.78 is 22.9. The Hall–Kier alpha value is -2.36. The van der Waals surface area contributed by atoms with Crippen molar-refractivity contribution in [2.75, 3.05) is 10.8 Å². The van der Waals surface area contributed by atoms with E-state index in [1.807, 2.05) is 0 Å². The molecule has 140 valence electrons. The zero-order valence-electron chi connectivity index (χ0n) is 14.0. The Labute approximate surface area is 151 Å². The third-order valence-corrected chi connectivity index (χ3v) is 6.45. The number of carboxylic acids is 1. The first-order valence-electron chi connectivity index (χ1n) is 8.32. The summed E-state index contributed by atoms with van der Waals surface area (Å²) in [5, 5.41) is 20.8. The summed E-state index contributed by atoms with van der Waals surface area (Å²) in [5.74, 6) is -0.817. The number of nitro groups is 1. The Bertz CT molecular complexity index is 870. The monoisotopic (exact) mass is 380 g/mol. The number of carbonyl (C=O) groups is 1. The third kappa shape index (κ3) is 3.20. The summed E-state index contributed by atoms with van der Waals surface area (Å²) in [5.41, 5.74) is 0.531. The highest BCUT2D eigenvalue weighted by Crippen LogP contribution is 2.63. The Morgan fingerprint density at radius 2 is 1.85 bits per heavy atom. The maximum absolute atomic E-state index is 11.3. The van der Waals surface area contributed by atoms with Gasteiger partial charge in [0.2, 0.25) is 0 Å². The molecule has 9 heteroatoms. The van der Waals surface area contributed by atoms with Crippen LogP contribution in [0.2, 0.25) is 0 Å². The average Bonchev–Trinajstić information content (AvgIpc) is 2.80. The summed E-state index contributed by atoms with van der Waals surface area (Å²) in [4.78, 5) is 21.6. The first-order valence-corrected chi connectivity index (χ1v) is 9.82. The van der Waals surface area contributed by atoms with Crippen LogP contribution in [-0.4, -0.2) is 31.6 Å². The minimum atomic E-state index is -3.23. The SMILES string of the molecule is O=C(O)CCCCCCN1c2ccc([N+](=O)[O-])c3cccc(c23)S1(O)O. The van der Waals surface area contributed by atoms with Crippen LogP contribution >= 0.6 is 10.8 Å². The van der Waals surface area contributed by atoms with Crippen LogP contribution in [0.1, 0.15) is 32.1 Å². The summed E-state index contributed by atoms with van der Waals surface area (Å²) in [6, 6.07) is 7.76. The molecule has 0 fully saturated rings. The number of rotatable bonds is 8. The topological polar surface area (TPSA) is 124 Å². The molecular weight excluding hydrogens is 360 g/mol. The standard InChI is InChI=1S/C17H20N2O6S/c20-16(21)8-3-1-2-4-11-18-14-10-9-13(19(22)23)12-6-5-7-15(17(12)14)26(18,24)25/h5-7,9-10,24-25H,1-4,8,11H2,(H,20,21). The first-order chi connectivity index (χ1) is 12.3. The second-order valence-corrected chi connectivity index (χ2v) is 8.14. The van der Waals surface area contributed by atoms with Gasteiger partial charge in [-0.05, 0) is 31.0 Å². The predicted octanol–water partition coefficient (Wildman–Crippen LogP) is 4.63. The predicted molar refractivity (Wildman–Crippen MR) is 99.8 cm³/mol. The summed E-state index contributed by atoms with van der Waals surface area (Å²) in [6.07, 6.45) is 2.91. The van der Waals surface area contributed by atoms with E-state index in [4.69, 9.17) is 5.11 Å². The number of benzene rings is 2. The normalized spacial score (nSPS) is 16.0. The molecule has 0 radical (unpaired) electrons. The zero-order valence-corrected chi connectivity index (χ0v) is 14.8. The first kappa shape index (κ1) is 18.4. The van der Waals surface area contributed by atoms with E-state index >= 15 is 0 Å². The second-order valence-electron chi connectivity index (χ2n) is 6.22. The number of aliphatic carboxylic acids is 1. The highest BCUT2D eigenvalue weighted by Gasteiger charge is 2.37. The highest BCUT2D eigenvalue weighted by atomic mass is 32.3. The molecule has 0 bridgehead atoms. The van der Waals surface area contributed by atoms with Crippen LogP contribution in [0.15, 0.2) is 35.2 Å². The van der Waals surface area contributed by atoms with Crippen LogP contribution in [0.25, 0.3) is 10.8 Å². The maximum atomic E-state index is 11.3. The Morgan fingerprint density at radius 3 is 2.54 bits per heavy atom. The van der Waals surface area contributed by atoms with Crippen LogP contribution in [0, 0.1) is 10.1 Å². The molecule has 0 saturated carbocycles. The minimum Gasteiger partial charge on any atom is -0.481 e. The largest absolute Gasteiger partial charge is 0.481 e. The number of hydrogen-bond acceptors (Lipinski definition) is 6. The van der Waals surface area contributed by atoms with Crippen molar-refractivity contribution in [3.63, 3.8) is 0 Å². The van der Waals surface area contributed by atoms with Gasteiger partial charge in [-0.2, -0.15) is 0 Å². The van der Waals surface area contributed by atoms with Gasteiger partial charge in [-0.1, -0.05) is 29.7 Å². The van der Waals surface area contributed by atoms with Crippen LogP contribution in [0.3, 0.4) is 0 Å². The molecule has 0 spiro atoms. The van der Waals surface area contributed by atoms with Gasteiger partial charge in [0.05, 0.1) is 20.9 Å². The van der Waals surface area contributed by atoms with Crippen molar-refractivity contribution in [3.8, 4) is 0 Å². The fourth-order valence-electron chi connectivity index (χ4n) is 3.32. The van der Waals surface area contributed by atoms with Gasteiger partial charge in [-0.25, -0.2) is 0 Å². The fraction of sp³-hybridized carbons (Fsp3) is 0.353. The van der Waals surface area contributed by atoms with E-state index in [0.29, 0.717) is 40.7 Å². The Balaban J connectivity index is 1.82. The summed E-state index contributed by atoms with van der Waals surface area (Å²) in [6.45, 7) is 0.386.